The molecule has 3 heteroatoms. The van der Waals surface area contributed by atoms with E-state index in [-0.39, 0.29) is 0 Å². The maximum Gasteiger partial charge on any atom is 0.109 e. The van der Waals surface area contributed by atoms with Crippen molar-refractivity contribution in [3.8, 4) is 0 Å². The summed E-state index contributed by atoms with van der Waals surface area (Å²) in [6, 6.07) is 2.46. The Morgan fingerprint density at radius 1 is 1.38 bits per heavy atom. The molecule has 2 aliphatic heterocycles. The van der Waals surface area contributed by atoms with Crippen molar-refractivity contribution in [2.45, 2.75) is 32.7 Å². The molecule has 0 radical (unpaired) electrons. The van der Waals surface area contributed by atoms with Gasteiger partial charge in [-0.05, 0) is 24.8 Å². The maximum atomic E-state index is 4.75. The van der Waals surface area contributed by atoms with Crippen LogP contribution in [-0.4, -0.2) is 16.9 Å². The third kappa shape index (κ3) is 1.20. The molecule has 0 amide bonds. The zero-order valence-electron chi connectivity index (χ0n) is 9.94. The Labute approximate surface area is 96.0 Å². The molecule has 16 heavy (non-hydrogen) atoms. The lowest BCUT2D eigenvalue weighted by Crippen LogP contribution is -2.24. The summed E-state index contributed by atoms with van der Waals surface area (Å²) in [4.78, 5) is 8.99. The zero-order chi connectivity index (χ0) is 11.3. The molecular formula is C13H17N3. The fourth-order valence-corrected chi connectivity index (χ4v) is 3.16. The van der Waals surface area contributed by atoms with Gasteiger partial charge in [0.15, 0.2) is 0 Å². The van der Waals surface area contributed by atoms with Crippen molar-refractivity contribution in [3.63, 3.8) is 0 Å². The van der Waals surface area contributed by atoms with Gasteiger partial charge in [-0.25, -0.2) is 0 Å². The standard InChI is InChI=1S/C13H17N3/c1-7(2)11-8(3)15-13-12(11)9-6-14-5-4-10(9)16-13/h4-8,11-12H,1-3H3,(H,15,16). The van der Waals surface area contributed by atoms with E-state index in [4.69, 9.17) is 4.99 Å². The van der Waals surface area contributed by atoms with Crippen LogP contribution in [0.1, 0.15) is 32.3 Å². The molecule has 3 nitrogen and oxygen atoms in total. The van der Waals surface area contributed by atoms with E-state index < -0.39 is 0 Å². The number of aliphatic imine (C=N–C) groups is 1. The van der Waals surface area contributed by atoms with Crippen LogP contribution in [0.2, 0.25) is 0 Å². The summed E-state index contributed by atoms with van der Waals surface area (Å²) >= 11 is 0. The highest BCUT2D eigenvalue weighted by molar-refractivity contribution is 6.07. The van der Waals surface area contributed by atoms with Gasteiger partial charge in [-0.1, -0.05) is 13.8 Å². The van der Waals surface area contributed by atoms with Gasteiger partial charge in [-0.15, -0.1) is 0 Å². The Balaban J connectivity index is 2.06. The monoisotopic (exact) mass is 215 g/mol. The van der Waals surface area contributed by atoms with Crippen molar-refractivity contribution in [3.05, 3.63) is 24.0 Å². The minimum Gasteiger partial charge on any atom is -0.343 e. The molecule has 1 aromatic heterocycles. The van der Waals surface area contributed by atoms with Crippen molar-refractivity contribution in [2.75, 3.05) is 5.32 Å². The average molecular weight is 215 g/mol. The molecule has 3 unspecified atom stereocenters. The van der Waals surface area contributed by atoms with Gasteiger partial charge in [-0.3, -0.25) is 9.98 Å². The van der Waals surface area contributed by atoms with Gasteiger partial charge in [-0.2, -0.15) is 0 Å². The lowest BCUT2D eigenvalue weighted by atomic mass is 9.78. The van der Waals surface area contributed by atoms with Gasteiger partial charge < -0.3 is 5.32 Å². The highest BCUT2D eigenvalue weighted by Gasteiger charge is 2.43. The summed E-state index contributed by atoms with van der Waals surface area (Å²) in [6.07, 6.45) is 3.82. The smallest absolute Gasteiger partial charge is 0.109 e. The number of nitrogens with one attached hydrogen (secondary N) is 1. The largest absolute Gasteiger partial charge is 0.343 e. The van der Waals surface area contributed by atoms with E-state index in [9.17, 15) is 0 Å². The SMILES string of the molecule is CC(C)C1C(C)N=C2Nc3ccncc3C21. The van der Waals surface area contributed by atoms with Crippen LogP contribution >= 0.6 is 0 Å². The Hall–Kier alpha value is -1.38. The third-order valence-electron chi connectivity index (χ3n) is 3.80. The van der Waals surface area contributed by atoms with E-state index in [2.05, 4.69) is 31.1 Å². The quantitative estimate of drug-likeness (QED) is 0.782. The van der Waals surface area contributed by atoms with Crippen molar-refractivity contribution < 1.29 is 0 Å². The van der Waals surface area contributed by atoms with E-state index in [1.807, 2.05) is 18.5 Å². The average Bonchev–Trinajstić information content (AvgIpc) is 2.71. The van der Waals surface area contributed by atoms with Crippen LogP contribution in [0.15, 0.2) is 23.5 Å². The van der Waals surface area contributed by atoms with Crippen molar-refractivity contribution in [1.29, 1.82) is 0 Å². The molecule has 0 saturated heterocycles. The first-order valence-corrected chi connectivity index (χ1v) is 5.97. The molecule has 0 aromatic carbocycles. The number of hydrogen-bond donors (Lipinski definition) is 1. The second-order valence-electron chi connectivity index (χ2n) is 5.14. The molecule has 3 atom stereocenters. The van der Waals surface area contributed by atoms with Gasteiger partial charge in [0.1, 0.15) is 5.84 Å². The van der Waals surface area contributed by atoms with E-state index in [1.54, 1.807) is 0 Å². The highest BCUT2D eigenvalue weighted by Crippen LogP contribution is 2.46. The van der Waals surface area contributed by atoms with Crippen LogP contribution in [0.4, 0.5) is 5.69 Å². The van der Waals surface area contributed by atoms with Crippen molar-refractivity contribution in [2.24, 2.45) is 16.8 Å². The van der Waals surface area contributed by atoms with Gasteiger partial charge in [0.25, 0.3) is 0 Å². The van der Waals surface area contributed by atoms with E-state index in [1.165, 1.54) is 11.3 Å². The van der Waals surface area contributed by atoms with Crippen LogP contribution in [0.25, 0.3) is 0 Å². The summed E-state index contributed by atoms with van der Waals surface area (Å²) in [6.45, 7) is 6.79. The van der Waals surface area contributed by atoms with Gasteiger partial charge in [0.05, 0.1) is 12.0 Å². The van der Waals surface area contributed by atoms with E-state index in [0.29, 0.717) is 23.8 Å². The molecule has 0 saturated carbocycles. The molecule has 3 heterocycles. The number of anilines is 1. The van der Waals surface area contributed by atoms with Crippen LogP contribution in [0.5, 0.6) is 0 Å². The molecule has 1 aromatic rings. The molecule has 0 fully saturated rings. The van der Waals surface area contributed by atoms with Gasteiger partial charge >= 0.3 is 0 Å². The lowest BCUT2D eigenvalue weighted by molar-refractivity contribution is 0.338. The molecule has 2 aliphatic rings. The molecule has 1 N–H and O–H groups in total. The summed E-state index contributed by atoms with van der Waals surface area (Å²) in [7, 11) is 0. The Morgan fingerprint density at radius 3 is 2.94 bits per heavy atom. The van der Waals surface area contributed by atoms with Crippen molar-refractivity contribution >= 4 is 11.5 Å². The zero-order valence-corrected chi connectivity index (χ0v) is 9.94. The van der Waals surface area contributed by atoms with Crippen LogP contribution < -0.4 is 5.32 Å². The highest BCUT2D eigenvalue weighted by atomic mass is 15.1. The minimum absolute atomic E-state index is 0.417. The maximum absolute atomic E-state index is 4.75. The Kier molecular flexibility index (Phi) is 2.03. The van der Waals surface area contributed by atoms with Crippen LogP contribution in [0.3, 0.4) is 0 Å². The van der Waals surface area contributed by atoms with Crippen LogP contribution in [0, 0.1) is 11.8 Å². The summed E-state index contributed by atoms with van der Waals surface area (Å²) in [5.41, 5.74) is 2.51. The topological polar surface area (TPSA) is 37.3 Å². The molecule has 0 spiro atoms. The number of fused-ring (bicyclic) bond motifs is 3. The first kappa shape index (κ1) is 9.82. The Bertz CT molecular complexity index is 450. The van der Waals surface area contributed by atoms with E-state index in [0.717, 1.165) is 5.84 Å². The second-order valence-corrected chi connectivity index (χ2v) is 5.14. The first-order valence-electron chi connectivity index (χ1n) is 5.97. The predicted octanol–water partition coefficient (Wildman–Crippen LogP) is 2.66. The van der Waals surface area contributed by atoms with Crippen LogP contribution in [-0.2, 0) is 0 Å². The number of nitrogens with zero attached hydrogens (tertiary/aromatic N) is 2. The first-order chi connectivity index (χ1) is 7.68. The molecule has 0 bridgehead atoms. The molecule has 84 valence electrons. The normalized spacial score (nSPS) is 31.0. The lowest BCUT2D eigenvalue weighted by Gasteiger charge is -2.24. The van der Waals surface area contributed by atoms with Gasteiger partial charge in [0.2, 0.25) is 0 Å². The molecular weight excluding hydrogens is 198 g/mol. The van der Waals surface area contributed by atoms with Crippen molar-refractivity contribution in [1.82, 2.24) is 4.98 Å². The van der Waals surface area contributed by atoms with Gasteiger partial charge in [0, 0.05) is 23.6 Å². The van der Waals surface area contributed by atoms with E-state index >= 15 is 0 Å². The number of pyridine rings is 1. The predicted molar refractivity (Wildman–Crippen MR) is 65.8 cm³/mol. The number of rotatable bonds is 1. The minimum atomic E-state index is 0.417. The summed E-state index contributed by atoms with van der Waals surface area (Å²) < 4.78 is 0. The fourth-order valence-electron chi connectivity index (χ4n) is 3.16. The molecule has 0 aliphatic carbocycles. The third-order valence-corrected chi connectivity index (χ3v) is 3.80. The second kappa shape index (κ2) is 3.30. The fraction of sp³-hybridized carbons (Fsp3) is 0.538. The number of hydrogen-bond acceptors (Lipinski definition) is 3. The number of amidine groups is 1. The summed E-state index contributed by atoms with van der Waals surface area (Å²) in [5.74, 6) is 2.84. The number of aromatic nitrogens is 1. The summed E-state index contributed by atoms with van der Waals surface area (Å²) in [5, 5.41) is 3.42. The Morgan fingerprint density at radius 2 is 2.19 bits per heavy atom. The molecule has 3 rings (SSSR count).